The van der Waals surface area contributed by atoms with Gasteiger partial charge in [0.05, 0.1) is 13.4 Å². The Labute approximate surface area is 153 Å². The minimum Gasteiger partial charge on any atom is -0.496 e. The molecule has 3 aromatic rings. The summed E-state index contributed by atoms with van der Waals surface area (Å²) in [6.07, 6.45) is 8.67. The third-order valence-electron chi connectivity index (χ3n) is 4.01. The molecule has 1 aromatic heterocycles. The Balaban J connectivity index is 1.58. The van der Waals surface area contributed by atoms with Crippen LogP contribution in [-0.4, -0.2) is 22.6 Å². The normalized spacial score (nSPS) is 10.8. The number of ether oxygens (including phenoxy) is 1. The summed E-state index contributed by atoms with van der Waals surface area (Å²) in [5, 5.41) is 2.89. The van der Waals surface area contributed by atoms with E-state index in [2.05, 4.69) is 10.3 Å². The van der Waals surface area contributed by atoms with Crippen molar-refractivity contribution in [1.82, 2.24) is 14.9 Å². The van der Waals surface area contributed by atoms with E-state index in [1.165, 1.54) is 6.08 Å². The average molecular weight is 347 g/mol. The van der Waals surface area contributed by atoms with Gasteiger partial charge in [-0.15, -0.1) is 0 Å². The molecule has 1 N–H and O–H groups in total. The lowest BCUT2D eigenvalue weighted by Crippen LogP contribution is -2.20. The van der Waals surface area contributed by atoms with Gasteiger partial charge in [0, 0.05) is 36.3 Å². The summed E-state index contributed by atoms with van der Waals surface area (Å²) >= 11 is 0. The molecule has 0 aliphatic rings. The van der Waals surface area contributed by atoms with Crippen molar-refractivity contribution in [3.63, 3.8) is 0 Å². The van der Waals surface area contributed by atoms with Crippen LogP contribution in [0, 0.1) is 6.92 Å². The lowest BCUT2D eigenvalue weighted by molar-refractivity contribution is -0.116. The molecule has 3 rings (SSSR count). The molecule has 5 heteroatoms. The van der Waals surface area contributed by atoms with E-state index in [4.69, 9.17) is 4.74 Å². The Kier molecular flexibility index (Phi) is 5.49. The first-order valence-corrected chi connectivity index (χ1v) is 8.33. The van der Waals surface area contributed by atoms with Crippen LogP contribution in [0.2, 0.25) is 0 Å². The highest BCUT2D eigenvalue weighted by Crippen LogP contribution is 2.20. The maximum atomic E-state index is 12.1. The molecule has 0 atom stereocenters. The zero-order valence-corrected chi connectivity index (χ0v) is 14.8. The lowest BCUT2D eigenvalue weighted by atomic mass is 10.1. The van der Waals surface area contributed by atoms with Crippen LogP contribution in [0.15, 0.2) is 67.3 Å². The van der Waals surface area contributed by atoms with E-state index in [0.717, 1.165) is 28.1 Å². The van der Waals surface area contributed by atoms with Crippen molar-refractivity contribution in [3.8, 4) is 11.4 Å². The van der Waals surface area contributed by atoms with Crippen molar-refractivity contribution in [2.24, 2.45) is 0 Å². The minimum atomic E-state index is -0.146. The second kappa shape index (κ2) is 8.16. The fourth-order valence-electron chi connectivity index (χ4n) is 2.60. The molecule has 132 valence electrons. The summed E-state index contributed by atoms with van der Waals surface area (Å²) in [5.41, 5.74) is 4.06. The van der Waals surface area contributed by atoms with Crippen molar-refractivity contribution >= 4 is 12.0 Å². The Morgan fingerprint density at radius 3 is 2.73 bits per heavy atom. The first-order valence-electron chi connectivity index (χ1n) is 8.33. The number of methoxy groups -OCH3 is 1. The van der Waals surface area contributed by atoms with Crippen molar-refractivity contribution < 1.29 is 9.53 Å². The predicted molar refractivity (Wildman–Crippen MR) is 102 cm³/mol. The number of amides is 1. The number of rotatable bonds is 6. The lowest BCUT2D eigenvalue weighted by Gasteiger charge is -2.07. The zero-order valence-electron chi connectivity index (χ0n) is 14.8. The molecule has 26 heavy (non-hydrogen) atoms. The van der Waals surface area contributed by atoms with Gasteiger partial charge in [-0.05, 0) is 42.8 Å². The van der Waals surface area contributed by atoms with E-state index in [1.807, 2.05) is 60.2 Å². The molecular weight excluding hydrogens is 326 g/mol. The van der Waals surface area contributed by atoms with Gasteiger partial charge in [0.25, 0.3) is 0 Å². The molecule has 0 aliphatic heterocycles. The topological polar surface area (TPSA) is 56.1 Å². The summed E-state index contributed by atoms with van der Waals surface area (Å²) in [7, 11) is 1.62. The quantitative estimate of drug-likeness (QED) is 0.694. The standard InChI is InChI=1S/C21H21N3O2/c1-16-3-9-20(26-2)18(13-16)6-10-21(25)23-14-17-4-7-19(8-5-17)24-12-11-22-15-24/h3-13,15H,14H2,1-2H3,(H,23,25)/b10-6+. The van der Waals surface area contributed by atoms with Crippen LogP contribution in [0.25, 0.3) is 11.8 Å². The Hall–Kier alpha value is -3.34. The van der Waals surface area contributed by atoms with Crippen LogP contribution in [0.1, 0.15) is 16.7 Å². The Morgan fingerprint density at radius 2 is 2.04 bits per heavy atom. The molecule has 0 saturated heterocycles. The van der Waals surface area contributed by atoms with Gasteiger partial charge in [0.2, 0.25) is 5.91 Å². The molecule has 1 heterocycles. The number of nitrogens with one attached hydrogen (secondary N) is 1. The van der Waals surface area contributed by atoms with E-state index in [1.54, 1.807) is 25.7 Å². The van der Waals surface area contributed by atoms with Gasteiger partial charge < -0.3 is 14.6 Å². The number of carbonyl (C=O) groups excluding carboxylic acids is 1. The number of hydrogen-bond donors (Lipinski definition) is 1. The smallest absolute Gasteiger partial charge is 0.244 e. The third kappa shape index (κ3) is 4.39. The van der Waals surface area contributed by atoms with E-state index in [0.29, 0.717) is 6.54 Å². The molecule has 0 spiro atoms. The van der Waals surface area contributed by atoms with Crippen LogP contribution in [0.5, 0.6) is 5.75 Å². The number of aromatic nitrogens is 2. The highest BCUT2D eigenvalue weighted by Gasteiger charge is 2.02. The van der Waals surface area contributed by atoms with Crippen molar-refractivity contribution in [2.45, 2.75) is 13.5 Å². The molecule has 0 bridgehead atoms. The first kappa shape index (κ1) is 17.5. The molecular formula is C21H21N3O2. The van der Waals surface area contributed by atoms with Crippen molar-refractivity contribution in [1.29, 1.82) is 0 Å². The van der Waals surface area contributed by atoms with Gasteiger partial charge in [-0.3, -0.25) is 4.79 Å². The van der Waals surface area contributed by atoms with Gasteiger partial charge in [0.15, 0.2) is 0 Å². The fourth-order valence-corrected chi connectivity index (χ4v) is 2.60. The molecule has 0 fully saturated rings. The number of hydrogen-bond acceptors (Lipinski definition) is 3. The fraction of sp³-hybridized carbons (Fsp3) is 0.143. The van der Waals surface area contributed by atoms with Crippen LogP contribution in [-0.2, 0) is 11.3 Å². The number of benzene rings is 2. The monoisotopic (exact) mass is 347 g/mol. The maximum Gasteiger partial charge on any atom is 0.244 e. The van der Waals surface area contributed by atoms with Crippen LogP contribution in [0.3, 0.4) is 0 Å². The molecule has 0 aliphatic carbocycles. The Morgan fingerprint density at radius 1 is 1.23 bits per heavy atom. The second-order valence-corrected chi connectivity index (χ2v) is 5.93. The molecule has 0 unspecified atom stereocenters. The van der Waals surface area contributed by atoms with Gasteiger partial charge in [0.1, 0.15) is 5.75 Å². The number of carbonyl (C=O) groups is 1. The summed E-state index contributed by atoms with van der Waals surface area (Å²) in [6, 6.07) is 13.8. The first-order chi connectivity index (χ1) is 12.7. The van der Waals surface area contributed by atoms with Crippen LogP contribution >= 0.6 is 0 Å². The largest absolute Gasteiger partial charge is 0.496 e. The zero-order chi connectivity index (χ0) is 18.4. The molecule has 2 aromatic carbocycles. The molecule has 0 saturated carbocycles. The van der Waals surface area contributed by atoms with E-state index >= 15 is 0 Å². The molecule has 0 radical (unpaired) electrons. The van der Waals surface area contributed by atoms with Gasteiger partial charge in [-0.25, -0.2) is 4.98 Å². The minimum absolute atomic E-state index is 0.146. The summed E-state index contributed by atoms with van der Waals surface area (Å²) in [5.74, 6) is 0.599. The van der Waals surface area contributed by atoms with Gasteiger partial charge in [-0.1, -0.05) is 23.8 Å². The third-order valence-corrected chi connectivity index (χ3v) is 4.01. The Bertz CT molecular complexity index is 898. The van der Waals surface area contributed by atoms with E-state index in [9.17, 15) is 4.79 Å². The second-order valence-electron chi connectivity index (χ2n) is 5.93. The predicted octanol–water partition coefficient (Wildman–Crippen LogP) is 3.52. The molecule has 5 nitrogen and oxygen atoms in total. The summed E-state index contributed by atoms with van der Waals surface area (Å²) in [6.45, 7) is 2.47. The maximum absolute atomic E-state index is 12.1. The van der Waals surface area contributed by atoms with E-state index in [-0.39, 0.29) is 5.91 Å². The highest BCUT2D eigenvalue weighted by atomic mass is 16.5. The summed E-state index contributed by atoms with van der Waals surface area (Å²) in [4.78, 5) is 16.1. The number of nitrogens with zero attached hydrogens (tertiary/aromatic N) is 2. The number of aryl methyl sites for hydroxylation is 1. The van der Waals surface area contributed by atoms with Gasteiger partial charge >= 0.3 is 0 Å². The van der Waals surface area contributed by atoms with Crippen LogP contribution in [0.4, 0.5) is 0 Å². The number of imidazole rings is 1. The highest BCUT2D eigenvalue weighted by molar-refractivity contribution is 5.92. The SMILES string of the molecule is COc1ccc(C)cc1/C=C/C(=O)NCc1ccc(-n2ccnc2)cc1. The summed E-state index contributed by atoms with van der Waals surface area (Å²) < 4.78 is 7.25. The molecule has 1 amide bonds. The van der Waals surface area contributed by atoms with Crippen LogP contribution < -0.4 is 10.1 Å². The van der Waals surface area contributed by atoms with E-state index < -0.39 is 0 Å². The van der Waals surface area contributed by atoms with Crippen molar-refractivity contribution in [2.75, 3.05) is 7.11 Å². The van der Waals surface area contributed by atoms with Gasteiger partial charge in [-0.2, -0.15) is 0 Å². The average Bonchev–Trinajstić information content (AvgIpc) is 3.20. The van der Waals surface area contributed by atoms with Crippen molar-refractivity contribution in [3.05, 3.63) is 84.0 Å².